The second kappa shape index (κ2) is 13.2. The first kappa shape index (κ1) is 36.0. The Balaban J connectivity index is 1.49. The minimum Gasteiger partial charge on any atom is -0.444 e. The molecule has 52 heavy (non-hydrogen) atoms. The summed E-state index contributed by atoms with van der Waals surface area (Å²) in [5, 5.41) is 14.3. The third-order valence-corrected chi connectivity index (χ3v) is 16.0. The molecule has 5 aromatic rings. The van der Waals surface area contributed by atoms with Crippen molar-refractivity contribution >= 4 is 31.0 Å². The number of benzene rings is 4. The van der Waals surface area contributed by atoms with E-state index in [1.54, 1.807) is 0 Å². The zero-order chi connectivity index (χ0) is 37.1. The Labute approximate surface area is 309 Å². The average molecular weight is 716 g/mol. The number of para-hydroxylation sites is 2. The van der Waals surface area contributed by atoms with Gasteiger partial charge in [-0.3, -0.25) is 4.90 Å². The van der Waals surface area contributed by atoms with Crippen LogP contribution in [0.5, 0.6) is 0 Å². The maximum absolute atomic E-state index is 14.8. The fraction of sp³-hybridized carbons (Fsp3) is 0.386. The molecule has 272 valence electrons. The molecule has 0 unspecified atom stereocenters. The van der Waals surface area contributed by atoms with E-state index in [1.807, 2.05) is 56.0 Å². The smallest absolute Gasteiger partial charge is 0.412 e. The van der Waals surface area contributed by atoms with Crippen molar-refractivity contribution in [1.82, 2.24) is 9.47 Å². The predicted octanol–water partition coefficient (Wildman–Crippen LogP) is 9.32. The largest absolute Gasteiger partial charge is 0.444 e. The van der Waals surface area contributed by atoms with Crippen LogP contribution < -0.4 is 4.90 Å². The lowest BCUT2D eigenvalue weighted by Crippen LogP contribution is -2.55. The van der Waals surface area contributed by atoms with Crippen molar-refractivity contribution in [2.75, 3.05) is 11.5 Å². The number of likely N-dealkylation sites (tertiary alicyclic amines) is 1. The molecule has 1 amide bonds. The Morgan fingerprint density at radius 1 is 0.769 bits per heavy atom. The van der Waals surface area contributed by atoms with Crippen LogP contribution in [0.2, 0.25) is 18.1 Å². The van der Waals surface area contributed by atoms with Gasteiger partial charge in [0, 0.05) is 35.9 Å². The van der Waals surface area contributed by atoms with Crippen molar-refractivity contribution < 1.29 is 19.1 Å². The summed E-state index contributed by atoms with van der Waals surface area (Å²) in [4.78, 5) is 19.0. The highest BCUT2D eigenvalue weighted by molar-refractivity contribution is 6.74. The van der Waals surface area contributed by atoms with E-state index in [0.717, 1.165) is 33.3 Å². The first-order chi connectivity index (χ1) is 24.6. The molecule has 4 atom stereocenters. The topological polar surface area (TPSA) is 67.2 Å². The average Bonchev–Trinajstić information content (AvgIpc) is 3.68. The van der Waals surface area contributed by atoms with E-state index in [-0.39, 0.29) is 11.6 Å². The van der Waals surface area contributed by atoms with E-state index in [2.05, 4.69) is 128 Å². The van der Waals surface area contributed by atoms with Crippen LogP contribution in [0.4, 0.5) is 10.5 Å². The van der Waals surface area contributed by atoms with Crippen LogP contribution in [0.15, 0.2) is 115 Å². The van der Waals surface area contributed by atoms with E-state index in [9.17, 15) is 9.90 Å². The second-order valence-electron chi connectivity index (χ2n) is 17.0. The van der Waals surface area contributed by atoms with Crippen molar-refractivity contribution in [2.45, 2.75) is 102 Å². The number of aliphatic hydroxyl groups excluding tert-OH is 1. The van der Waals surface area contributed by atoms with Gasteiger partial charge in [0.2, 0.25) is 0 Å². The third kappa shape index (κ3) is 6.14. The third-order valence-electron chi connectivity index (χ3n) is 11.5. The van der Waals surface area contributed by atoms with Crippen molar-refractivity contribution in [2.24, 2.45) is 0 Å². The first-order valence-corrected chi connectivity index (χ1v) is 21.4. The van der Waals surface area contributed by atoms with Gasteiger partial charge in [0.15, 0.2) is 8.32 Å². The van der Waals surface area contributed by atoms with Gasteiger partial charge < -0.3 is 23.7 Å². The van der Waals surface area contributed by atoms with Crippen LogP contribution in [-0.4, -0.2) is 59.5 Å². The Morgan fingerprint density at radius 3 is 1.98 bits per heavy atom. The molecule has 8 heteroatoms. The molecule has 7 rings (SSSR count). The molecule has 1 fully saturated rings. The molecule has 2 aliphatic heterocycles. The van der Waals surface area contributed by atoms with E-state index in [0.29, 0.717) is 13.1 Å². The van der Waals surface area contributed by atoms with Gasteiger partial charge in [-0.25, -0.2) is 4.79 Å². The summed E-state index contributed by atoms with van der Waals surface area (Å²) in [5.74, 6) is 0. The molecule has 3 heterocycles. The number of carbonyl (C=O) groups excluding carboxylic acids is 1. The van der Waals surface area contributed by atoms with Gasteiger partial charge in [-0.2, -0.15) is 0 Å². The van der Waals surface area contributed by atoms with Crippen LogP contribution in [0, 0.1) is 0 Å². The lowest BCUT2D eigenvalue weighted by Gasteiger charge is -2.41. The van der Waals surface area contributed by atoms with Gasteiger partial charge >= 0.3 is 6.09 Å². The van der Waals surface area contributed by atoms with Crippen molar-refractivity contribution in [3.63, 3.8) is 0 Å². The fourth-order valence-corrected chi connectivity index (χ4v) is 9.04. The molecular formula is C44H53N3O4Si. The molecule has 1 N–H and O–H groups in total. The normalized spacial score (nSPS) is 21.8. The van der Waals surface area contributed by atoms with Crippen LogP contribution in [0.25, 0.3) is 10.9 Å². The van der Waals surface area contributed by atoms with Gasteiger partial charge in [-0.05, 0) is 73.3 Å². The maximum atomic E-state index is 14.8. The van der Waals surface area contributed by atoms with Crippen molar-refractivity contribution in [1.29, 1.82) is 0 Å². The van der Waals surface area contributed by atoms with Crippen LogP contribution in [0.1, 0.15) is 63.8 Å². The number of rotatable bonds is 8. The number of fused-ring (bicyclic) bond motifs is 4. The van der Waals surface area contributed by atoms with E-state index in [1.165, 1.54) is 5.56 Å². The van der Waals surface area contributed by atoms with Crippen LogP contribution in [-0.2, 0) is 27.7 Å². The van der Waals surface area contributed by atoms with Crippen LogP contribution in [0.3, 0.4) is 0 Å². The van der Waals surface area contributed by atoms with E-state index in [4.69, 9.17) is 9.16 Å². The number of anilines is 1. The predicted molar refractivity (Wildman–Crippen MR) is 212 cm³/mol. The standard InChI is InChI=1S/C44H53N3O4Si/c1-42(2,3)51-41(49)47-38(30-50-52(7,8)43(4,5)6)39(48)44(34-24-16-18-26-37(34)46(40(44)47)28-32-21-13-10-14-22-32)35-29-45(27-31-19-11-9-12-20-31)36-25-17-15-23-33(35)36/h9-26,29,38-40,48H,27-28,30H2,1-8H3/t38-,39-,40-,44-/m1/s1. The van der Waals surface area contributed by atoms with E-state index >= 15 is 0 Å². The minimum atomic E-state index is -2.29. The number of hydrogen-bond donors (Lipinski definition) is 1. The Hall–Kier alpha value is -4.37. The molecule has 0 spiro atoms. The van der Waals surface area contributed by atoms with E-state index < -0.39 is 43.7 Å². The maximum Gasteiger partial charge on any atom is 0.412 e. The number of hydrogen-bond acceptors (Lipinski definition) is 5. The number of nitrogens with zero attached hydrogens (tertiary/aromatic N) is 3. The van der Waals surface area contributed by atoms with Gasteiger partial charge in [0.25, 0.3) is 0 Å². The summed E-state index contributed by atoms with van der Waals surface area (Å²) in [6.45, 7) is 18.2. The summed E-state index contributed by atoms with van der Waals surface area (Å²) >= 11 is 0. The molecule has 7 nitrogen and oxygen atoms in total. The summed E-state index contributed by atoms with van der Waals surface area (Å²) < 4.78 is 15.5. The summed E-state index contributed by atoms with van der Waals surface area (Å²) in [7, 11) is -2.29. The number of ether oxygens (including phenoxy) is 1. The van der Waals surface area contributed by atoms with Gasteiger partial charge in [0.1, 0.15) is 11.8 Å². The highest BCUT2D eigenvalue weighted by Crippen LogP contribution is 2.59. The molecule has 0 radical (unpaired) electrons. The molecule has 4 aromatic carbocycles. The van der Waals surface area contributed by atoms with Crippen molar-refractivity contribution in [3.8, 4) is 0 Å². The molecule has 1 aromatic heterocycles. The lowest BCUT2D eigenvalue weighted by molar-refractivity contribution is 0.000175. The quantitative estimate of drug-likeness (QED) is 0.162. The molecule has 0 bridgehead atoms. The number of carbonyl (C=O) groups is 1. The molecule has 0 saturated carbocycles. The van der Waals surface area contributed by atoms with Crippen LogP contribution >= 0.6 is 0 Å². The molecular weight excluding hydrogens is 663 g/mol. The summed E-state index contributed by atoms with van der Waals surface area (Å²) in [5.41, 5.74) is 4.56. The van der Waals surface area contributed by atoms with Gasteiger partial charge in [-0.1, -0.05) is 118 Å². The van der Waals surface area contributed by atoms with Gasteiger partial charge in [-0.15, -0.1) is 0 Å². The lowest BCUT2D eigenvalue weighted by atomic mass is 9.70. The number of amides is 1. The SMILES string of the molecule is CC(C)(C)OC(=O)N1[C@H](CO[Si](C)(C)C(C)(C)C)[C@@H](O)[C@]2(c3cn(Cc4ccccc4)c4ccccc34)c3ccccc3N(Cc3ccccc3)[C@H]12. The Morgan fingerprint density at radius 2 is 1.35 bits per heavy atom. The number of aromatic nitrogens is 1. The number of aliphatic hydroxyl groups is 1. The first-order valence-electron chi connectivity index (χ1n) is 18.5. The minimum absolute atomic E-state index is 0.0579. The fourth-order valence-electron chi connectivity index (χ4n) is 8.02. The monoisotopic (exact) mass is 715 g/mol. The zero-order valence-corrected chi connectivity index (χ0v) is 32.8. The zero-order valence-electron chi connectivity index (χ0n) is 31.8. The summed E-state index contributed by atoms with van der Waals surface area (Å²) in [6.07, 6.45) is 0.133. The second-order valence-corrected chi connectivity index (χ2v) is 21.8. The molecule has 1 saturated heterocycles. The molecule has 2 aliphatic rings. The Bertz CT molecular complexity index is 2050. The summed E-state index contributed by atoms with van der Waals surface area (Å²) in [6, 6.07) is 37.0. The highest BCUT2D eigenvalue weighted by Gasteiger charge is 2.69. The molecule has 0 aliphatic carbocycles. The van der Waals surface area contributed by atoms with Gasteiger partial charge in [0.05, 0.1) is 24.2 Å². The highest BCUT2D eigenvalue weighted by atomic mass is 28.4. The Kier molecular flexibility index (Phi) is 9.17. The van der Waals surface area contributed by atoms with Crippen molar-refractivity contribution in [3.05, 3.63) is 138 Å².